The molecule has 3 nitrogen and oxygen atoms in total. The van der Waals surface area contributed by atoms with Crippen molar-refractivity contribution in [1.29, 1.82) is 0 Å². The maximum absolute atomic E-state index is 6.10. The Labute approximate surface area is 134 Å². The van der Waals surface area contributed by atoms with E-state index in [9.17, 15) is 0 Å². The monoisotopic (exact) mass is 393 g/mol. The van der Waals surface area contributed by atoms with Crippen LogP contribution in [-0.2, 0) is 0 Å². The van der Waals surface area contributed by atoms with Gasteiger partial charge in [0.25, 0.3) is 0 Å². The van der Waals surface area contributed by atoms with E-state index in [1.807, 2.05) is 22.8 Å². The van der Waals surface area contributed by atoms with Gasteiger partial charge in [-0.2, -0.15) is 0 Å². The first-order valence-electron chi connectivity index (χ1n) is 6.18. The predicted octanol–water partition coefficient (Wildman–Crippen LogP) is 4.75. The smallest absolute Gasteiger partial charge is 0.205 e. The average molecular weight is 395 g/mol. The number of nitrogens with zero attached hydrogens (tertiary/aromatic N) is 2. The SMILES string of the molecule is Cc1cc(-n2c(N)nc3ccc(Br)cc32)cc(C)c1Br. The number of anilines is 1. The summed E-state index contributed by atoms with van der Waals surface area (Å²) in [5, 5.41) is 0. The summed E-state index contributed by atoms with van der Waals surface area (Å²) >= 11 is 7.09. The highest BCUT2D eigenvalue weighted by Gasteiger charge is 2.12. The zero-order valence-corrected chi connectivity index (χ0v) is 14.3. The number of fused-ring (bicyclic) bond motifs is 1. The Hall–Kier alpha value is -1.33. The molecule has 0 unspecified atom stereocenters. The van der Waals surface area contributed by atoms with Crippen molar-refractivity contribution in [2.45, 2.75) is 13.8 Å². The average Bonchev–Trinajstić information content (AvgIpc) is 2.70. The largest absolute Gasteiger partial charge is 0.369 e. The van der Waals surface area contributed by atoms with Crippen LogP contribution in [0.2, 0.25) is 0 Å². The molecular weight excluding hydrogens is 382 g/mol. The Kier molecular flexibility index (Phi) is 3.34. The Bertz CT molecular complexity index is 798. The zero-order chi connectivity index (χ0) is 14.4. The van der Waals surface area contributed by atoms with E-state index in [2.05, 4.69) is 62.8 Å². The summed E-state index contributed by atoms with van der Waals surface area (Å²) in [6, 6.07) is 10.2. The van der Waals surface area contributed by atoms with Crippen LogP contribution in [0.5, 0.6) is 0 Å². The van der Waals surface area contributed by atoms with Crippen molar-refractivity contribution in [2.75, 3.05) is 5.73 Å². The van der Waals surface area contributed by atoms with Crippen molar-refractivity contribution in [3.63, 3.8) is 0 Å². The Morgan fingerprint density at radius 1 is 1.05 bits per heavy atom. The lowest BCUT2D eigenvalue weighted by Crippen LogP contribution is -2.01. The minimum absolute atomic E-state index is 0.499. The number of nitrogen functional groups attached to an aromatic ring is 1. The fourth-order valence-corrected chi connectivity index (χ4v) is 2.97. The molecule has 0 aliphatic carbocycles. The number of nitrogens with two attached hydrogens (primary N) is 1. The van der Waals surface area contributed by atoms with Crippen molar-refractivity contribution in [3.8, 4) is 5.69 Å². The molecule has 5 heteroatoms. The summed E-state index contributed by atoms with van der Waals surface area (Å²) in [5.74, 6) is 0.499. The molecule has 0 atom stereocenters. The standard InChI is InChI=1S/C15H13Br2N3/c1-8-5-11(6-9(2)14(8)17)20-13-7-10(16)3-4-12(13)19-15(20)18/h3-7H,1-2H3,(H2,18,19). The third-order valence-corrected chi connectivity index (χ3v) is 5.07. The van der Waals surface area contributed by atoms with Crippen LogP contribution in [0.25, 0.3) is 16.7 Å². The topological polar surface area (TPSA) is 43.8 Å². The molecule has 3 aromatic rings. The number of rotatable bonds is 1. The molecule has 0 radical (unpaired) electrons. The van der Waals surface area contributed by atoms with Gasteiger partial charge in [0.1, 0.15) is 0 Å². The van der Waals surface area contributed by atoms with Crippen molar-refractivity contribution < 1.29 is 0 Å². The third-order valence-electron chi connectivity index (χ3n) is 3.32. The molecule has 0 bridgehead atoms. The van der Waals surface area contributed by atoms with Crippen LogP contribution in [0, 0.1) is 13.8 Å². The van der Waals surface area contributed by atoms with Gasteiger partial charge >= 0.3 is 0 Å². The molecule has 2 N–H and O–H groups in total. The summed E-state index contributed by atoms with van der Waals surface area (Å²) in [5.41, 5.74) is 11.4. The fourth-order valence-electron chi connectivity index (χ4n) is 2.39. The summed E-state index contributed by atoms with van der Waals surface area (Å²) in [6.07, 6.45) is 0. The molecule has 0 aliphatic rings. The first-order chi connectivity index (χ1) is 9.47. The second kappa shape index (κ2) is 4.90. The van der Waals surface area contributed by atoms with E-state index in [0.29, 0.717) is 5.95 Å². The second-order valence-corrected chi connectivity index (χ2v) is 6.54. The number of benzene rings is 2. The maximum atomic E-state index is 6.10. The molecule has 1 aromatic heterocycles. The lowest BCUT2D eigenvalue weighted by molar-refractivity contribution is 1.09. The molecule has 3 rings (SSSR count). The molecular formula is C15H13Br2N3. The van der Waals surface area contributed by atoms with E-state index < -0.39 is 0 Å². The lowest BCUT2D eigenvalue weighted by atomic mass is 10.1. The van der Waals surface area contributed by atoms with Crippen LogP contribution < -0.4 is 5.73 Å². The van der Waals surface area contributed by atoms with E-state index in [4.69, 9.17) is 5.73 Å². The summed E-state index contributed by atoms with van der Waals surface area (Å²) < 4.78 is 4.12. The summed E-state index contributed by atoms with van der Waals surface area (Å²) in [6.45, 7) is 4.15. The van der Waals surface area contributed by atoms with Crippen molar-refractivity contribution in [2.24, 2.45) is 0 Å². The number of aryl methyl sites for hydroxylation is 2. The normalized spacial score (nSPS) is 11.2. The first kappa shape index (κ1) is 13.6. The number of hydrogen-bond donors (Lipinski definition) is 1. The van der Waals surface area contributed by atoms with Gasteiger partial charge in [0, 0.05) is 14.6 Å². The predicted molar refractivity (Wildman–Crippen MR) is 90.4 cm³/mol. The molecule has 0 fully saturated rings. The molecule has 0 saturated carbocycles. The second-order valence-electron chi connectivity index (χ2n) is 4.83. The van der Waals surface area contributed by atoms with E-state index >= 15 is 0 Å². The van der Waals surface area contributed by atoms with Crippen LogP contribution in [0.15, 0.2) is 39.3 Å². The van der Waals surface area contributed by atoms with Gasteiger partial charge in [-0.15, -0.1) is 0 Å². The Morgan fingerprint density at radius 3 is 2.35 bits per heavy atom. The minimum atomic E-state index is 0.499. The lowest BCUT2D eigenvalue weighted by Gasteiger charge is -2.11. The molecule has 0 aliphatic heterocycles. The molecule has 0 spiro atoms. The molecule has 20 heavy (non-hydrogen) atoms. The number of hydrogen-bond acceptors (Lipinski definition) is 2. The van der Waals surface area contributed by atoms with Crippen molar-refractivity contribution in [3.05, 3.63) is 50.4 Å². The molecule has 0 saturated heterocycles. The zero-order valence-electron chi connectivity index (χ0n) is 11.1. The van der Waals surface area contributed by atoms with E-state index in [1.165, 1.54) is 11.1 Å². The van der Waals surface area contributed by atoms with E-state index in [1.54, 1.807) is 0 Å². The van der Waals surface area contributed by atoms with Crippen molar-refractivity contribution in [1.82, 2.24) is 9.55 Å². The van der Waals surface area contributed by atoms with Crippen molar-refractivity contribution >= 4 is 48.8 Å². The Balaban J connectivity index is 2.34. The van der Waals surface area contributed by atoms with Gasteiger partial charge in [-0.1, -0.05) is 31.9 Å². The third kappa shape index (κ3) is 2.15. The van der Waals surface area contributed by atoms with Crippen LogP contribution in [0.3, 0.4) is 0 Å². The summed E-state index contributed by atoms with van der Waals surface area (Å²) in [4.78, 5) is 4.42. The van der Waals surface area contributed by atoms with Crippen LogP contribution in [0.4, 0.5) is 5.95 Å². The minimum Gasteiger partial charge on any atom is -0.369 e. The highest BCUT2D eigenvalue weighted by molar-refractivity contribution is 9.10. The first-order valence-corrected chi connectivity index (χ1v) is 7.76. The van der Waals surface area contributed by atoms with Gasteiger partial charge in [-0.05, 0) is 55.3 Å². The van der Waals surface area contributed by atoms with Crippen LogP contribution >= 0.6 is 31.9 Å². The summed E-state index contributed by atoms with van der Waals surface area (Å²) in [7, 11) is 0. The highest BCUT2D eigenvalue weighted by Crippen LogP contribution is 2.29. The van der Waals surface area contributed by atoms with Gasteiger partial charge < -0.3 is 5.73 Å². The van der Waals surface area contributed by atoms with Gasteiger partial charge in [0.15, 0.2) is 0 Å². The van der Waals surface area contributed by atoms with E-state index in [-0.39, 0.29) is 0 Å². The number of imidazole rings is 1. The van der Waals surface area contributed by atoms with E-state index in [0.717, 1.165) is 25.7 Å². The van der Waals surface area contributed by atoms with Gasteiger partial charge in [-0.25, -0.2) is 4.98 Å². The Morgan fingerprint density at radius 2 is 1.70 bits per heavy atom. The van der Waals surface area contributed by atoms with Crippen LogP contribution in [-0.4, -0.2) is 9.55 Å². The maximum Gasteiger partial charge on any atom is 0.205 e. The molecule has 102 valence electrons. The quantitative estimate of drug-likeness (QED) is 0.647. The fraction of sp³-hybridized carbons (Fsp3) is 0.133. The number of halogens is 2. The highest BCUT2D eigenvalue weighted by atomic mass is 79.9. The molecule has 0 amide bonds. The van der Waals surface area contributed by atoms with Gasteiger partial charge in [0.2, 0.25) is 5.95 Å². The molecule has 1 heterocycles. The molecule has 2 aromatic carbocycles. The van der Waals surface area contributed by atoms with Gasteiger partial charge in [-0.3, -0.25) is 4.57 Å². The van der Waals surface area contributed by atoms with Gasteiger partial charge in [0.05, 0.1) is 11.0 Å². The number of aromatic nitrogens is 2. The van der Waals surface area contributed by atoms with Crippen LogP contribution in [0.1, 0.15) is 11.1 Å².